The Labute approximate surface area is 154 Å². The van der Waals surface area contributed by atoms with E-state index in [1.165, 1.54) is 36.4 Å². The minimum absolute atomic E-state index is 0.253. The number of esters is 1. The van der Waals surface area contributed by atoms with Crippen molar-refractivity contribution in [3.05, 3.63) is 59.7 Å². The summed E-state index contributed by atoms with van der Waals surface area (Å²) in [6, 6.07) is 10.5. The van der Waals surface area contributed by atoms with Gasteiger partial charge in [-0.3, -0.25) is 4.79 Å². The van der Waals surface area contributed by atoms with Gasteiger partial charge in [-0.15, -0.1) is 0 Å². The Morgan fingerprint density at radius 3 is 2.26 bits per heavy atom. The molecular formula is C19H18F3NO4. The summed E-state index contributed by atoms with van der Waals surface area (Å²) in [6.07, 6.45) is -4.83. The van der Waals surface area contributed by atoms with E-state index in [0.717, 1.165) is 12.1 Å². The predicted molar refractivity (Wildman–Crippen MR) is 92.6 cm³/mol. The molecule has 2 aromatic rings. The average molecular weight is 381 g/mol. The van der Waals surface area contributed by atoms with Crippen molar-refractivity contribution in [1.82, 2.24) is 0 Å². The van der Waals surface area contributed by atoms with Crippen molar-refractivity contribution in [3.8, 4) is 5.75 Å². The number of nitrogens with one attached hydrogen (secondary N) is 1. The predicted octanol–water partition coefficient (Wildman–Crippen LogP) is 4.29. The topological polar surface area (TPSA) is 64.6 Å². The third-order valence-electron chi connectivity index (χ3n) is 3.31. The second kappa shape index (κ2) is 8.57. The first kappa shape index (κ1) is 20.3. The van der Waals surface area contributed by atoms with Crippen molar-refractivity contribution in [2.75, 3.05) is 11.9 Å². The van der Waals surface area contributed by atoms with Gasteiger partial charge in [0.15, 0.2) is 6.61 Å². The highest BCUT2D eigenvalue weighted by atomic mass is 19.4. The molecule has 0 spiro atoms. The fourth-order valence-corrected chi connectivity index (χ4v) is 2.14. The maximum Gasteiger partial charge on any atom is 0.418 e. The number of benzene rings is 2. The Hall–Kier alpha value is -3.03. The Morgan fingerprint density at radius 1 is 1.04 bits per heavy atom. The molecule has 144 valence electrons. The molecule has 0 aliphatic carbocycles. The van der Waals surface area contributed by atoms with Crippen molar-refractivity contribution in [3.63, 3.8) is 0 Å². The molecule has 0 aliphatic rings. The number of anilines is 1. The molecule has 0 aliphatic heterocycles. The van der Waals surface area contributed by atoms with E-state index in [2.05, 4.69) is 5.32 Å². The normalized spacial score (nSPS) is 11.2. The van der Waals surface area contributed by atoms with Crippen molar-refractivity contribution in [2.45, 2.75) is 26.1 Å². The Bertz CT molecular complexity index is 801. The van der Waals surface area contributed by atoms with Crippen LogP contribution in [0.4, 0.5) is 18.9 Å². The highest BCUT2D eigenvalue weighted by Gasteiger charge is 2.33. The highest BCUT2D eigenvalue weighted by molar-refractivity contribution is 5.93. The van der Waals surface area contributed by atoms with Crippen LogP contribution in [-0.2, 0) is 15.7 Å². The van der Waals surface area contributed by atoms with E-state index in [9.17, 15) is 22.8 Å². The van der Waals surface area contributed by atoms with Crippen LogP contribution in [0.15, 0.2) is 48.5 Å². The molecule has 2 aromatic carbocycles. The molecule has 1 N–H and O–H groups in total. The molecule has 0 atom stereocenters. The lowest BCUT2D eigenvalue weighted by Gasteiger charge is -2.14. The smallest absolute Gasteiger partial charge is 0.418 e. The quantitative estimate of drug-likeness (QED) is 0.759. The zero-order chi connectivity index (χ0) is 20.0. The van der Waals surface area contributed by atoms with Gasteiger partial charge in [0.1, 0.15) is 5.75 Å². The summed E-state index contributed by atoms with van der Waals surface area (Å²) in [5, 5.41) is 2.18. The number of alkyl halides is 3. The molecule has 2 rings (SSSR count). The molecule has 0 saturated carbocycles. The SMILES string of the molecule is CC(C)OC(=O)c1ccc(OCC(=O)Nc2ccccc2C(F)(F)F)cc1. The number of hydrogen-bond donors (Lipinski definition) is 1. The molecule has 0 bridgehead atoms. The lowest BCUT2D eigenvalue weighted by atomic mass is 10.1. The number of ether oxygens (including phenoxy) is 2. The summed E-state index contributed by atoms with van der Waals surface area (Å²) in [6.45, 7) is 2.97. The third kappa shape index (κ3) is 6.02. The van der Waals surface area contributed by atoms with E-state index in [1.54, 1.807) is 13.8 Å². The van der Waals surface area contributed by atoms with E-state index in [0.29, 0.717) is 5.56 Å². The van der Waals surface area contributed by atoms with Gasteiger partial charge in [0.25, 0.3) is 5.91 Å². The van der Waals surface area contributed by atoms with Crippen LogP contribution in [0.1, 0.15) is 29.8 Å². The van der Waals surface area contributed by atoms with E-state index < -0.39 is 30.2 Å². The van der Waals surface area contributed by atoms with Gasteiger partial charge in [-0.05, 0) is 50.2 Å². The molecule has 1 amide bonds. The van der Waals surface area contributed by atoms with Crippen molar-refractivity contribution < 1.29 is 32.2 Å². The number of halogens is 3. The van der Waals surface area contributed by atoms with Gasteiger partial charge in [0.2, 0.25) is 0 Å². The Kier molecular flexibility index (Phi) is 6.44. The van der Waals surface area contributed by atoms with Gasteiger partial charge in [-0.25, -0.2) is 4.79 Å². The van der Waals surface area contributed by atoms with Gasteiger partial charge in [-0.1, -0.05) is 12.1 Å². The second-order valence-electron chi connectivity index (χ2n) is 5.86. The average Bonchev–Trinajstić information content (AvgIpc) is 2.59. The minimum atomic E-state index is -4.58. The van der Waals surface area contributed by atoms with E-state index in [-0.39, 0.29) is 17.5 Å². The van der Waals surface area contributed by atoms with Crippen molar-refractivity contribution >= 4 is 17.6 Å². The molecule has 0 saturated heterocycles. The minimum Gasteiger partial charge on any atom is -0.484 e. The zero-order valence-corrected chi connectivity index (χ0v) is 14.7. The molecule has 0 unspecified atom stereocenters. The fourth-order valence-electron chi connectivity index (χ4n) is 2.14. The number of amides is 1. The van der Waals surface area contributed by atoms with Gasteiger partial charge < -0.3 is 14.8 Å². The van der Waals surface area contributed by atoms with Crippen LogP contribution in [0.5, 0.6) is 5.75 Å². The summed E-state index contributed by atoms with van der Waals surface area (Å²) in [7, 11) is 0. The standard InChI is InChI=1S/C19H18F3NO4/c1-12(2)27-18(25)13-7-9-14(10-8-13)26-11-17(24)23-16-6-4-3-5-15(16)19(20,21)22/h3-10,12H,11H2,1-2H3,(H,23,24). The van der Waals surface area contributed by atoms with Gasteiger partial charge >= 0.3 is 12.1 Å². The molecule has 0 fully saturated rings. The summed E-state index contributed by atoms with van der Waals surface area (Å²) >= 11 is 0. The number of rotatable bonds is 6. The maximum absolute atomic E-state index is 12.9. The highest BCUT2D eigenvalue weighted by Crippen LogP contribution is 2.34. The molecule has 27 heavy (non-hydrogen) atoms. The molecular weight excluding hydrogens is 363 g/mol. The Balaban J connectivity index is 1.94. The molecule has 0 aromatic heterocycles. The van der Waals surface area contributed by atoms with Crippen LogP contribution in [0.2, 0.25) is 0 Å². The van der Waals surface area contributed by atoms with Crippen LogP contribution in [0.25, 0.3) is 0 Å². The van der Waals surface area contributed by atoms with Crippen LogP contribution in [0.3, 0.4) is 0 Å². The van der Waals surface area contributed by atoms with Crippen molar-refractivity contribution in [2.24, 2.45) is 0 Å². The van der Waals surface area contributed by atoms with Crippen LogP contribution in [0, 0.1) is 0 Å². The van der Waals surface area contributed by atoms with Gasteiger partial charge in [-0.2, -0.15) is 13.2 Å². The second-order valence-corrected chi connectivity index (χ2v) is 5.86. The summed E-state index contributed by atoms with van der Waals surface area (Å²) in [5.41, 5.74) is -0.962. The number of para-hydroxylation sites is 1. The number of hydrogen-bond acceptors (Lipinski definition) is 4. The first-order valence-corrected chi connectivity index (χ1v) is 8.06. The molecule has 0 radical (unpaired) electrons. The monoisotopic (exact) mass is 381 g/mol. The van der Waals surface area contributed by atoms with Crippen LogP contribution in [-0.4, -0.2) is 24.6 Å². The first-order valence-electron chi connectivity index (χ1n) is 8.06. The first-order chi connectivity index (χ1) is 12.7. The van der Waals surface area contributed by atoms with E-state index in [4.69, 9.17) is 9.47 Å². The van der Waals surface area contributed by atoms with Gasteiger partial charge in [0.05, 0.1) is 22.9 Å². The lowest BCUT2D eigenvalue weighted by Crippen LogP contribution is -2.22. The summed E-state index contributed by atoms with van der Waals surface area (Å²) < 4.78 is 49.0. The van der Waals surface area contributed by atoms with Crippen LogP contribution >= 0.6 is 0 Å². The summed E-state index contributed by atoms with van der Waals surface area (Å²) in [5.74, 6) is -0.941. The van der Waals surface area contributed by atoms with E-state index >= 15 is 0 Å². The Morgan fingerprint density at radius 2 is 1.67 bits per heavy atom. The molecule has 8 heteroatoms. The molecule has 5 nitrogen and oxygen atoms in total. The maximum atomic E-state index is 12.9. The fraction of sp³-hybridized carbons (Fsp3) is 0.263. The third-order valence-corrected chi connectivity index (χ3v) is 3.31. The lowest BCUT2D eigenvalue weighted by molar-refractivity contribution is -0.137. The number of carbonyl (C=O) groups is 2. The van der Waals surface area contributed by atoms with E-state index in [1.807, 2.05) is 0 Å². The van der Waals surface area contributed by atoms with Crippen molar-refractivity contribution in [1.29, 1.82) is 0 Å². The largest absolute Gasteiger partial charge is 0.484 e. The molecule has 0 heterocycles. The zero-order valence-electron chi connectivity index (χ0n) is 14.7. The van der Waals surface area contributed by atoms with Gasteiger partial charge in [0, 0.05) is 0 Å². The summed E-state index contributed by atoms with van der Waals surface area (Å²) in [4.78, 5) is 23.6. The number of carbonyl (C=O) groups excluding carboxylic acids is 2. The van der Waals surface area contributed by atoms with Crippen LogP contribution < -0.4 is 10.1 Å².